The SMILES string of the molecule is CCC1CCCC1(I)I. The van der Waals surface area contributed by atoms with E-state index >= 15 is 0 Å². The van der Waals surface area contributed by atoms with Crippen LogP contribution in [0.1, 0.15) is 32.6 Å². The summed E-state index contributed by atoms with van der Waals surface area (Å²) < 4.78 is 0.601. The molecule has 1 aliphatic carbocycles. The number of halogens is 2. The van der Waals surface area contributed by atoms with Crippen molar-refractivity contribution in [2.24, 2.45) is 5.92 Å². The summed E-state index contributed by atoms with van der Waals surface area (Å²) in [6, 6.07) is 0. The predicted molar refractivity (Wildman–Crippen MR) is 58.4 cm³/mol. The van der Waals surface area contributed by atoms with Gasteiger partial charge in [0.05, 0.1) is 1.43 Å². The van der Waals surface area contributed by atoms with E-state index in [0.717, 1.165) is 5.92 Å². The average Bonchev–Trinajstić information content (AvgIpc) is 2.08. The van der Waals surface area contributed by atoms with Crippen molar-refractivity contribution in [2.45, 2.75) is 34.0 Å². The van der Waals surface area contributed by atoms with Crippen LogP contribution in [0.5, 0.6) is 0 Å². The van der Waals surface area contributed by atoms with E-state index in [9.17, 15) is 0 Å². The van der Waals surface area contributed by atoms with E-state index in [0.29, 0.717) is 1.43 Å². The van der Waals surface area contributed by atoms with Crippen molar-refractivity contribution >= 4 is 45.2 Å². The van der Waals surface area contributed by atoms with Gasteiger partial charge in [-0.15, -0.1) is 0 Å². The Bertz CT molecular complexity index is 99.1. The van der Waals surface area contributed by atoms with Crippen LogP contribution in [0.2, 0.25) is 0 Å². The minimum Gasteiger partial charge on any atom is -0.0669 e. The monoisotopic (exact) mass is 350 g/mol. The maximum Gasteiger partial charge on any atom is 0.0762 e. The summed E-state index contributed by atoms with van der Waals surface area (Å²) in [5.41, 5.74) is 0. The first-order chi connectivity index (χ1) is 4.17. The van der Waals surface area contributed by atoms with E-state index in [1.165, 1.54) is 25.7 Å². The average molecular weight is 350 g/mol. The Morgan fingerprint density at radius 3 is 2.44 bits per heavy atom. The maximum atomic E-state index is 2.61. The van der Waals surface area contributed by atoms with Gasteiger partial charge in [-0.25, -0.2) is 0 Å². The second-order valence-corrected chi connectivity index (χ2v) is 8.67. The van der Waals surface area contributed by atoms with Gasteiger partial charge in [-0.05, 0) is 18.8 Å². The highest BCUT2D eigenvalue weighted by atomic mass is 127. The molecule has 0 N–H and O–H groups in total. The van der Waals surface area contributed by atoms with E-state index < -0.39 is 0 Å². The van der Waals surface area contributed by atoms with Gasteiger partial charge in [0.25, 0.3) is 0 Å². The highest BCUT2D eigenvalue weighted by Gasteiger charge is 2.36. The summed E-state index contributed by atoms with van der Waals surface area (Å²) >= 11 is 5.23. The topological polar surface area (TPSA) is 0 Å². The lowest BCUT2D eigenvalue weighted by atomic mass is 10.1. The van der Waals surface area contributed by atoms with Gasteiger partial charge in [-0.2, -0.15) is 0 Å². The van der Waals surface area contributed by atoms with Gasteiger partial charge in [-0.3, -0.25) is 0 Å². The molecule has 0 bridgehead atoms. The fraction of sp³-hybridized carbons (Fsp3) is 1.00. The van der Waals surface area contributed by atoms with Crippen molar-refractivity contribution in [1.82, 2.24) is 0 Å². The highest BCUT2D eigenvalue weighted by molar-refractivity contribution is 14.2. The smallest absolute Gasteiger partial charge is 0.0669 e. The van der Waals surface area contributed by atoms with E-state index in [1.54, 1.807) is 0 Å². The molecule has 0 radical (unpaired) electrons. The Hall–Kier alpha value is 1.46. The molecule has 1 atom stereocenters. The van der Waals surface area contributed by atoms with E-state index in [1.807, 2.05) is 0 Å². The lowest BCUT2D eigenvalue weighted by Gasteiger charge is -2.20. The molecule has 0 aromatic heterocycles. The van der Waals surface area contributed by atoms with Crippen molar-refractivity contribution in [3.63, 3.8) is 0 Å². The molecule has 9 heavy (non-hydrogen) atoms. The number of rotatable bonds is 1. The number of hydrogen-bond acceptors (Lipinski definition) is 0. The van der Waals surface area contributed by atoms with Crippen LogP contribution >= 0.6 is 45.2 Å². The van der Waals surface area contributed by atoms with E-state index in [2.05, 4.69) is 52.1 Å². The first-order valence-electron chi connectivity index (χ1n) is 3.54. The molecule has 1 rings (SSSR count). The van der Waals surface area contributed by atoms with Crippen LogP contribution in [0.4, 0.5) is 0 Å². The van der Waals surface area contributed by atoms with Crippen LogP contribution in [0, 0.1) is 5.92 Å². The van der Waals surface area contributed by atoms with E-state index in [4.69, 9.17) is 0 Å². The molecule has 0 aromatic carbocycles. The fourth-order valence-electron chi connectivity index (χ4n) is 1.50. The Morgan fingerprint density at radius 1 is 1.56 bits per heavy atom. The minimum atomic E-state index is 0.601. The van der Waals surface area contributed by atoms with Crippen LogP contribution in [0.15, 0.2) is 0 Å². The Morgan fingerprint density at radius 2 is 2.22 bits per heavy atom. The first-order valence-corrected chi connectivity index (χ1v) is 5.70. The molecule has 54 valence electrons. The quantitative estimate of drug-likeness (QED) is 0.499. The van der Waals surface area contributed by atoms with Crippen molar-refractivity contribution in [3.8, 4) is 0 Å². The molecular formula is C7H12I2. The largest absolute Gasteiger partial charge is 0.0762 e. The summed E-state index contributed by atoms with van der Waals surface area (Å²) in [5, 5.41) is 0. The Labute approximate surface area is 84.4 Å². The number of alkyl halides is 2. The molecular weight excluding hydrogens is 338 g/mol. The molecule has 2 heteroatoms. The molecule has 0 aromatic rings. The molecule has 0 saturated heterocycles. The normalized spacial score (nSPS) is 33.0. The van der Waals surface area contributed by atoms with E-state index in [-0.39, 0.29) is 0 Å². The lowest BCUT2D eigenvalue weighted by molar-refractivity contribution is 0.542. The van der Waals surface area contributed by atoms with Gasteiger partial charge < -0.3 is 0 Å². The first kappa shape index (κ1) is 8.56. The third-order valence-corrected chi connectivity index (χ3v) is 4.99. The van der Waals surface area contributed by atoms with Gasteiger partial charge in [0.15, 0.2) is 0 Å². The third kappa shape index (κ3) is 1.94. The van der Waals surface area contributed by atoms with Crippen molar-refractivity contribution in [2.75, 3.05) is 0 Å². The summed E-state index contributed by atoms with van der Waals surface area (Å²) in [4.78, 5) is 0. The van der Waals surface area contributed by atoms with Crippen LogP contribution in [0.25, 0.3) is 0 Å². The fourth-order valence-corrected chi connectivity index (χ4v) is 3.77. The van der Waals surface area contributed by atoms with Crippen LogP contribution in [0.3, 0.4) is 0 Å². The summed E-state index contributed by atoms with van der Waals surface area (Å²) in [6.07, 6.45) is 5.70. The molecule has 1 unspecified atom stereocenters. The van der Waals surface area contributed by atoms with Crippen LogP contribution < -0.4 is 0 Å². The highest BCUT2D eigenvalue weighted by Crippen LogP contribution is 2.49. The summed E-state index contributed by atoms with van der Waals surface area (Å²) in [7, 11) is 0. The zero-order chi connectivity index (χ0) is 6.91. The zero-order valence-corrected chi connectivity index (χ0v) is 9.98. The molecule has 0 amide bonds. The molecule has 0 nitrogen and oxygen atoms in total. The van der Waals surface area contributed by atoms with Gasteiger partial charge in [0.2, 0.25) is 0 Å². The summed E-state index contributed by atoms with van der Waals surface area (Å²) in [6.45, 7) is 2.31. The molecule has 0 heterocycles. The second kappa shape index (κ2) is 3.24. The minimum absolute atomic E-state index is 0.601. The predicted octanol–water partition coefficient (Wildman–Crippen LogP) is 3.76. The Balaban J connectivity index is 2.52. The Kier molecular flexibility index (Phi) is 3.08. The molecule has 1 aliphatic rings. The molecule has 0 spiro atoms. The zero-order valence-electron chi connectivity index (χ0n) is 5.66. The molecule has 1 saturated carbocycles. The van der Waals surface area contributed by atoms with Gasteiger partial charge in [0, 0.05) is 0 Å². The standard InChI is InChI=1S/C7H12I2/c1-2-6-4-3-5-7(6,8)9/h6H,2-5H2,1H3. The van der Waals surface area contributed by atoms with Crippen LogP contribution in [-0.4, -0.2) is 1.43 Å². The lowest BCUT2D eigenvalue weighted by Crippen LogP contribution is -2.15. The number of hydrogen-bond donors (Lipinski definition) is 0. The van der Waals surface area contributed by atoms with Crippen LogP contribution in [-0.2, 0) is 0 Å². The van der Waals surface area contributed by atoms with Gasteiger partial charge >= 0.3 is 0 Å². The van der Waals surface area contributed by atoms with Crippen molar-refractivity contribution < 1.29 is 0 Å². The third-order valence-electron chi connectivity index (χ3n) is 2.15. The van der Waals surface area contributed by atoms with Crippen molar-refractivity contribution in [3.05, 3.63) is 0 Å². The van der Waals surface area contributed by atoms with Gasteiger partial charge in [-0.1, -0.05) is 64.9 Å². The maximum absolute atomic E-state index is 2.61. The van der Waals surface area contributed by atoms with Crippen molar-refractivity contribution in [1.29, 1.82) is 0 Å². The van der Waals surface area contributed by atoms with Gasteiger partial charge in [0.1, 0.15) is 0 Å². The summed E-state index contributed by atoms with van der Waals surface area (Å²) in [5.74, 6) is 0.985. The molecule has 0 aliphatic heterocycles. The second-order valence-electron chi connectivity index (χ2n) is 2.76. The molecule has 1 fully saturated rings.